The first-order chi connectivity index (χ1) is 3.31. The number of hydrogen-bond acceptors (Lipinski definition) is 2. The summed E-state index contributed by atoms with van der Waals surface area (Å²) in [5.74, 6) is 0. The molecule has 0 atom stereocenters. The lowest BCUT2D eigenvalue weighted by molar-refractivity contribution is 1.03. The van der Waals surface area contributed by atoms with E-state index in [1.54, 1.807) is 11.8 Å². The minimum absolute atomic E-state index is 0.430. The van der Waals surface area contributed by atoms with E-state index in [9.17, 15) is 0 Å². The average molecular weight is 134 g/mol. The van der Waals surface area contributed by atoms with E-state index in [4.69, 9.17) is 18.0 Å². The first kappa shape index (κ1) is 7.40. The van der Waals surface area contributed by atoms with Crippen molar-refractivity contribution in [1.29, 1.82) is 0 Å². The zero-order valence-corrected chi connectivity index (χ0v) is 5.86. The van der Waals surface area contributed by atoms with Gasteiger partial charge in [0.1, 0.15) is 0 Å². The Morgan fingerprint density at radius 3 is 2.57 bits per heavy atom. The minimum Gasteiger partial charge on any atom is -0.257 e. The molecule has 0 fully saturated rings. The number of hydrogen-bond donors (Lipinski definition) is 0. The quantitative estimate of drug-likeness (QED) is 0.532. The lowest BCUT2D eigenvalue weighted by atomic mass is 10.5. The van der Waals surface area contributed by atoms with Gasteiger partial charge in [-0.05, 0) is 6.26 Å². The van der Waals surface area contributed by atoms with E-state index in [0.717, 1.165) is 10.6 Å². The topological polar surface area (TPSA) is 23.8 Å². The zero-order chi connectivity index (χ0) is 5.70. The number of thioether (sulfide) groups is 1. The monoisotopic (exact) mass is 134 g/mol. The molecule has 3 heteroatoms. The Bertz CT molecular complexity index is 62.7. The van der Waals surface area contributed by atoms with Gasteiger partial charge in [-0.3, -0.25) is 5.73 Å². The van der Waals surface area contributed by atoms with Crippen LogP contribution in [0.15, 0.2) is 0 Å². The second-order valence-corrected chi connectivity index (χ2v) is 2.73. The Kier molecular flexibility index (Phi) is 4.82. The van der Waals surface area contributed by atoms with Gasteiger partial charge in [0.05, 0.1) is 0 Å². The largest absolute Gasteiger partial charge is 0.257 e. The molecule has 41 valence electrons. The highest BCUT2D eigenvalue weighted by atomic mass is 32.2. The van der Waals surface area contributed by atoms with E-state index < -0.39 is 0 Å². The van der Waals surface area contributed by atoms with Crippen LogP contribution in [0.1, 0.15) is 6.42 Å². The van der Waals surface area contributed by atoms with Crippen LogP contribution in [0.25, 0.3) is 0 Å². The van der Waals surface area contributed by atoms with Gasteiger partial charge in [-0.25, -0.2) is 0 Å². The summed E-state index contributed by atoms with van der Waals surface area (Å²) in [4.78, 5) is 0. The molecule has 0 aromatic carbocycles. The van der Waals surface area contributed by atoms with Crippen LogP contribution in [0.3, 0.4) is 0 Å². The second kappa shape index (κ2) is 4.56. The van der Waals surface area contributed by atoms with E-state index in [1.807, 2.05) is 6.26 Å². The third kappa shape index (κ3) is 4.25. The molecule has 0 heterocycles. The maximum atomic E-state index is 6.74. The number of thiocarbonyl (C=S) groups is 1. The van der Waals surface area contributed by atoms with Crippen LogP contribution in [0.2, 0.25) is 0 Å². The van der Waals surface area contributed by atoms with Crippen molar-refractivity contribution in [3.63, 3.8) is 0 Å². The fraction of sp³-hybridized carbons (Fsp3) is 0.750. The van der Waals surface area contributed by atoms with Crippen molar-refractivity contribution in [2.24, 2.45) is 0 Å². The molecule has 1 N–H and O–H groups in total. The molecule has 1 radical (unpaired) electrons. The summed E-state index contributed by atoms with van der Waals surface area (Å²) < 4.78 is 0.940. The maximum Gasteiger partial charge on any atom is 0.0489 e. The first-order valence-electron chi connectivity index (χ1n) is 2.02. The van der Waals surface area contributed by atoms with Gasteiger partial charge in [-0.2, -0.15) is 0 Å². The molecule has 0 unspecified atom stereocenters. The molecule has 0 aromatic rings. The van der Waals surface area contributed by atoms with Gasteiger partial charge in [-0.1, -0.05) is 12.2 Å². The smallest absolute Gasteiger partial charge is 0.0489 e. The van der Waals surface area contributed by atoms with Gasteiger partial charge in [0.15, 0.2) is 0 Å². The molecule has 0 saturated heterocycles. The van der Waals surface area contributed by atoms with Crippen LogP contribution < -0.4 is 5.73 Å². The standard InChI is InChI=1S/C4H8NS2/c1-7-4(6)2-3-5/h5H,2-3H2,1H3. The Hall–Kier alpha value is 0.400. The Morgan fingerprint density at radius 1 is 1.86 bits per heavy atom. The fourth-order valence-corrected chi connectivity index (χ4v) is 0.612. The fourth-order valence-electron chi connectivity index (χ4n) is 0.204. The highest BCUT2D eigenvalue weighted by molar-refractivity contribution is 8.22. The molecule has 7 heavy (non-hydrogen) atoms. The van der Waals surface area contributed by atoms with Crippen LogP contribution in [0, 0.1) is 0 Å². The lowest BCUT2D eigenvalue weighted by Gasteiger charge is -1.90. The van der Waals surface area contributed by atoms with Gasteiger partial charge >= 0.3 is 0 Å². The molecule has 0 saturated carbocycles. The van der Waals surface area contributed by atoms with Crippen molar-refractivity contribution in [1.82, 2.24) is 5.73 Å². The van der Waals surface area contributed by atoms with Crippen LogP contribution in [-0.2, 0) is 0 Å². The third-order valence-electron chi connectivity index (χ3n) is 0.557. The van der Waals surface area contributed by atoms with Crippen LogP contribution in [0.4, 0.5) is 0 Å². The van der Waals surface area contributed by atoms with Gasteiger partial charge in [0.25, 0.3) is 0 Å². The summed E-state index contributed by atoms with van der Waals surface area (Å²) in [5, 5.41) is 0. The maximum absolute atomic E-state index is 6.74. The molecular weight excluding hydrogens is 126 g/mol. The van der Waals surface area contributed by atoms with Crippen molar-refractivity contribution in [3.05, 3.63) is 0 Å². The Morgan fingerprint density at radius 2 is 2.43 bits per heavy atom. The zero-order valence-electron chi connectivity index (χ0n) is 4.23. The number of nitrogens with one attached hydrogen (secondary N) is 1. The van der Waals surface area contributed by atoms with Crippen molar-refractivity contribution >= 4 is 28.2 Å². The Labute approximate surface area is 53.7 Å². The van der Waals surface area contributed by atoms with E-state index in [0.29, 0.717) is 6.54 Å². The van der Waals surface area contributed by atoms with Crippen LogP contribution in [0.5, 0.6) is 0 Å². The van der Waals surface area contributed by atoms with E-state index >= 15 is 0 Å². The first-order valence-corrected chi connectivity index (χ1v) is 3.66. The summed E-state index contributed by atoms with van der Waals surface area (Å²) in [6.45, 7) is 0.430. The van der Waals surface area contributed by atoms with E-state index in [2.05, 4.69) is 0 Å². The van der Waals surface area contributed by atoms with Crippen LogP contribution >= 0.6 is 24.0 Å². The summed E-state index contributed by atoms with van der Waals surface area (Å²) in [5.41, 5.74) is 6.74. The highest BCUT2D eigenvalue weighted by Crippen LogP contribution is 2.00. The van der Waals surface area contributed by atoms with Crippen LogP contribution in [-0.4, -0.2) is 17.0 Å². The Balaban J connectivity index is 3.00. The average Bonchev–Trinajstić information content (AvgIpc) is 1.68. The van der Waals surface area contributed by atoms with Gasteiger partial charge < -0.3 is 0 Å². The van der Waals surface area contributed by atoms with Crippen molar-refractivity contribution in [2.45, 2.75) is 6.42 Å². The predicted octanol–water partition coefficient (Wildman–Crippen LogP) is 1.35. The van der Waals surface area contributed by atoms with Gasteiger partial charge in [0, 0.05) is 17.2 Å². The molecule has 0 bridgehead atoms. The molecule has 0 aliphatic heterocycles. The molecule has 1 nitrogen and oxygen atoms in total. The van der Waals surface area contributed by atoms with E-state index in [1.165, 1.54) is 0 Å². The van der Waals surface area contributed by atoms with Crippen molar-refractivity contribution in [3.8, 4) is 0 Å². The van der Waals surface area contributed by atoms with E-state index in [-0.39, 0.29) is 0 Å². The molecule has 0 rings (SSSR count). The molecule has 0 aromatic heterocycles. The van der Waals surface area contributed by atoms with Gasteiger partial charge in [0.2, 0.25) is 0 Å². The number of rotatable bonds is 2. The minimum atomic E-state index is 0.430. The summed E-state index contributed by atoms with van der Waals surface area (Å²) in [7, 11) is 0. The lowest BCUT2D eigenvalue weighted by Crippen LogP contribution is -1.91. The highest BCUT2D eigenvalue weighted by Gasteiger charge is 1.87. The molecular formula is C4H8NS2. The summed E-state index contributed by atoms with van der Waals surface area (Å²) in [6, 6.07) is 0. The summed E-state index contributed by atoms with van der Waals surface area (Å²) in [6.07, 6.45) is 2.70. The van der Waals surface area contributed by atoms with Crippen molar-refractivity contribution < 1.29 is 0 Å². The normalized spacial score (nSPS) is 8.86. The molecule has 0 spiro atoms. The van der Waals surface area contributed by atoms with Gasteiger partial charge in [-0.15, -0.1) is 11.8 Å². The second-order valence-electron chi connectivity index (χ2n) is 1.08. The predicted molar refractivity (Wildman–Crippen MR) is 38.7 cm³/mol. The molecule has 0 aliphatic rings. The molecule has 0 amide bonds. The van der Waals surface area contributed by atoms with Crippen molar-refractivity contribution in [2.75, 3.05) is 12.8 Å². The summed E-state index contributed by atoms with van der Waals surface area (Å²) >= 11 is 6.36. The SMILES string of the molecule is CSC(=S)CC[NH]. The molecule has 0 aliphatic carbocycles. The third-order valence-corrected chi connectivity index (χ3v) is 1.92.